The molecule has 7 nitrogen and oxygen atoms in total. The van der Waals surface area contributed by atoms with Crippen LogP contribution in [0.3, 0.4) is 0 Å². The first kappa shape index (κ1) is 28.9. The van der Waals surface area contributed by atoms with Crippen molar-refractivity contribution in [3.63, 3.8) is 0 Å². The van der Waals surface area contributed by atoms with Crippen LogP contribution in [-0.2, 0) is 14.2 Å². The van der Waals surface area contributed by atoms with E-state index in [1.165, 1.54) is 53.2 Å². The minimum Gasteiger partial charge on any atom is -0.465 e. The highest BCUT2D eigenvalue weighted by Gasteiger charge is 2.20. The van der Waals surface area contributed by atoms with Gasteiger partial charge in [0.05, 0.1) is 32.0 Å². The number of Topliss-reactive ketones (excluding diaryl/α,β-unsaturated/α-hetero) is 2. The number of hydrogen-bond acceptors (Lipinski definition) is 7. The molecule has 0 atom stereocenters. The average molecular weight is 497 g/mol. The third-order valence-electron chi connectivity index (χ3n) is 6.45. The first-order valence-electron chi connectivity index (χ1n) is 12.3. The highest BCUT2D eigenvalue weighted by atomic mass is 16.5. The van der Waals surface area contributed by atoms with Gasteiger partial charge in [0, 0.05) is 11.1 Å². The minimum atomic E-state index is -0.437. The molecule has 1 aliphatic carbocycles. The fraction of sp³-hybridized carbons (Fsp3) is 0.448. The van der Waals surface area contributed by atoms with Crippen molar-refractivity contribution in [1.82, 2.24) is 0 Å². The number of rotatable bonds is 9. The maximum atomic E-state index is 12.2. The van der Waals surface area contributed by atoms with E-state index in [4.69, 9.17) is 4.74 Å². The van der Waals surface area contributed by atoms with E-state index in [1.807, 2.05) is 0 Å². The Balaban J connectivity index is 0.000000297. The topological polar surface area (TPSA) is 96.0 Å². The van der Waals surface area contributed by atoms with Crippen LogP contribution in [0.25, 0.3) is 0 Å². The average Bonchev–Trinajstić information content (AvgIpc) is 2.92. The molecule has 1 saturated carbocycles. The van der Waals surface area contributed by atoms with Crippen LogP contribution in [0.1, 0.15) is 87.4 Å². The molecule has 0 aliphatic heterocycles. The Labute approximate surface area is 213 Å². The predicted molar refractivity (Wildman–Crippen MR) is 136 cm³/mol. The van der Waals surface area contributed by atoms with Crippen LogP contribution in [0, 0.1) is 11.8 Å². The Morgan fingerprint density at radius 3 is 1.83 bits per heavy atom. The number of benzene rings is 2. The first-order valence-corrected chi connectivity index (χ1v) is 12.3. The van der Waals surface area contributed by atoms with Crippen molar-refractivity contribution in [3.05, 3.63) is 70.8 Å². The zero-order valence-corrected chi connectivity index (χ0v) is 21.6. The summed E-state index contributed by atoms with van der Waals surface area (Å²) in [6, 6.07) is 12.9. The Bertz CT molecular complexity index is 1020. The molecule has 7 heteroatoms. The van der Waals surface area contributed by atoms with Gasteiger partial charge in [-0.15, -0.1) is 0 Å². The SMILES string of the molecule is CCC1CCC(COCC(=O)c2cccc(C(=O)OC)c2)CC1.COC(=O)c1ccc(C(C)=O)cc1. The third-order valence-corrected chi connectivity index (χ3v) is 6.45. The first-order chi connectivity index (χ1) is 17.3. The fourth-order valence-electron chi connectivity index (χ4n) is 4.10. The molecular formula is C29H36O7. The lowest BCUT2D eigenvalue weighted by Crippen LogP contribution is -2.20. The Hall–Kier alpha value is -3.32. The van der Waals surface area contributed by atoms with Gasteiger partial charge < -0.3 is 14.2 Å². The van der Waals surface area contributed by atoms with Gasteiger partial charge in [-0.25, -0.2) is 9.59 Å². The Morgan fingerprint density at radius 1 is 0.750 bits per heavy atom. The molecule has 1 fully saturated rings. The molecule has 0 bridgehead atoms. The van der Waals surface area contributed by atoms with E-state index in [-0.39, 0.29) is 18.2 Å². The molecular weight excluding hydrogens is 460 g/mol. The van der Waals surface area contributed by atoms with Crippen molar-refractivity contribution in [2.45, 2.75) is 46.0 Å². The van der Waals surface area contributed by atoms with Gasteiger partial charge in [0.15, 0.2) is 11.6 Å². The summed E-state index contributed by atoms with van der Waals surface area (Å²) in [7, 11) is 2.65. The van der Waals surface area contributed by atoms with Crippen molar-refractivity contribution in [2.24, 2.45) is 11.8 Å². The minimum absolute atomic E-state index is 0.0172. The van der Waals surface area contributed by atoms with Gasteiger partial charge in [0.25, 0.3) is 0 Å². The second-order valence-corrected chi connectivity index (χ2v) is 8.93. The van der Waals surface area contributed by atoms with E-state index in [1.54, 1.807) is 48.5 Å². The normalized spacial score (nSPS) is 16.8. The van der Waals surface area contributed by atoms with Crippen LogP contribution in [0.5, 0.6) is 0 Å². The van der Waals surface area contributed by atoms with Crippen LogP contribution in [0.15, 0.2) is 48.5 Å². The number of hydrogen-bond donors (Lipinski definition) is 0. The largest absolute Gasteiger partial charge is 0.465 e. The van der Waals surface area contributed by atoms with Crippen LogP contribution in [0.4, 0.5) is 0 Å². The number of carbonyl (C=O) groups excluding carboxylic acids is 4. The van der Waals surface area contributed by atoms with Crippen LogP contribution < -0.4 is 0 Å². The Morgan fingerprint density at radius 2 is 1.28 bits per heavy atom. The zero-order valence-electron chi connectivity index (χ0n) is 21.6. The van der Waals surface area contributed by atoms with Crippen molar-refractivity contribution >= 4 is 23.5 Å². The van der Waals surface area contributed by atoms with E-state index in [2.05, 4.69) is 16.4 Å². The number of ether oxygens (including phenoxy) is 3. The van der Waals surface area contributed by atoms with Gasteiger partial charge in [-0.3, -0.25) is 9.59 Å². The van der Waals surface area contributed by atoms with E-state index < -0.39 is 11.9 Å². The maximum Gasteiger partial charge on any atom is 0.337 e. The van der Waals surface area contributed by atoms with Crippen molar-refractivity contribution in [1.29, 1.82) is 0 Å². The highest BCUT2D eigenvalue weighted by Crippen LogP contribution is 2.30. The lowest BCUT2D eigenvalue weighted by molar-refractivity contribution is 0.0588. The van der Waals surface area contributed by atoms with Crippen LogP contribution in [0.2, 0.25) is 0 Å². The summed E-state index contributed by atoms with van der Waals surface area (Å²) in [6.07, 6.45) is 6.22. The summed E-state index contributed by atoms with van der Waals surface area (Å²) >= 11 is 0. The maximum absolute atomic E-state index is 12.2. The highest BCUT2D eigenvalue weighted by molar-refractivity contribution is 6.00. The summed E-state index contributed by atoms with van der Waals surface area (Å²) < 4.78 is 14.8. The second kappa shape index (κ2) is 14.9. The molecule has 0 heterocycles. The molecule has 1 aliphatic rings. The number of esters is 2. The molecule has 0 radical (unpaired) electrons. The molecule has 0 spiro atoms. The fourth-order valence-corrected chi connectivity index (χ4v) is 4.10. The summed E-state index contributed by atoms with van der Waals surface area (Å²) in [6.45, 7) is 4.45. The summed E-state index contributed by atoms with van der Waals surface area (Å²) in [5.74, 6) is 0.499. The molecule has 36 heavy (non-hydrogen) atoms. The molecule has 0 aromatic heterocycles. The van der Waals surface area contributed by atoms with Gasteiger partial charge in [-0.2, -0.15) is 0 Å². The summed E-state index contributed by atoms with van der Waals surface area (Å²) in [5.41, 5.74) is 1.92. The van der Waals surface area contributed by atoms with Gasteiger partial charge in [0.1, 0.15) is 6.61 Å². The molecule has 3 rings (SSSR count). The van der Waals surface area contributed by atoms with Gasteiger partial charge in [0.2, 0.25) is 0 Å². The third kappa shape index (κ3) is 9.04. The van der Waals surface area contributed by atoms with Gasteiger partial charge >= 0.3 is 11.9 Å². The van der Waals surface area contributed by atoms with E-state index in [9.17, 15) is 19.2 Å². The molecule has 2 aromatic rings. The molecule has 2 aromatic carbocycles. The Kier molecular flexibility index (Phi) is 12.0. The van der Waals surface area contributed by atoms with E-state index in [0.29, 0.717) is 34.8 Å². The standard InChI is InChI=1S/C19H26O4.C10H10O3/c1-3-14-7-9-15(10-8-14)12-23-13-18(20)16-5-4-6-17(11-16)19(21)22-2;1-7(11)8-3-5-9(6-4-8)10(12)13-2/h4-6,11,14-15H,3,7-10,12-13H2,1-2H3;3-6H,1-2H3. The quantitative estimate of drug-likeness (QED) is 0.331. The van der Waals surface area contributed by atoms with Crippen LogP contribution >= 0.6 is 0 Å². The summed E-state index contributed by atoms with van der Waals surface area (Å²) in [4.78, 5) is 45.5. The van der Waals surface area contributed by atoms with Crippen LogP contribution in [-0.4, -0.2) is 50.9 Å². The lowest BCUT2D eigenvalue weighted by atomic mass is 9.81. The smallest absolute Gasteiger partial charge is 0.337 e. The number of carbonyl (C=O) groups is 4. The van der Waals surface area contributed by atoms with Crippen molar-refractivity contribution < 1.29 is 33.4 Å². The zero-order chi connectivity index (χ0) is 26.5. The van der Waals surface area contributed by atoms with Gasteiger partial charge in [-0.1, -0.05) is 50.5 Å². The number of ketones is 2. The lowest BCUT2D eigenvalue weighted by Gasteiger charge is -2.27. The number of methoxy groups -OCH3 is 2. The van der Waals surface area contributed by atoms with Crippen molar-refractivity contribution in [3.8, 4) is 0 Å². The molecule has 0 amide bonds. The monoisotopic (exact) mass is 496 g/mol. The van der Waals surface area contributed by atoms with Gasteiger partial charge in [-0.05, 0) is 55.9 Å². The molecule has 0 unspecified atom stereocenters. The molecule has 194 valence electrons. The molecule has 0 N–H and O–H groups in total. The van der Waals surface area contributed by atoms with E-state index >= 15 is 0 Å². The molecule has 0 saturated heterocycles. The summed E-state index contributed by atoms with van der Waals surface area (Å²) in [5, 5.41) is 0. The van der Waals surface area contributed by atoms with E-state index in [0.717, 1.165) is 5.92 Å². The van der Waals surface area contributed by atoms with Crippen molar-refractivity contribution in [2.75, 3.05) is 27.4 Å². The predicted octanol–water partition coefficient (Wildman–Crippen LogP) is 5.56. The second-order valence-electron chi connectivity index (χ2n) is 8.93.